The first kappa shape index (κ1) is 17.0. The second kappa shape index (κ2) is 10.7. The molecule has 2 heteroatoms. The fraction of sp³-hybridized carbons (Fsp3) is 1.00. The smallest absolute Gasteiger partial charge is 0.0580 e. The molecule has 1 aliphatic carbocycles. The molecule has 0 spiro atoms. The van der Waals surface area contributed by atoms with E-state index in [2.05, 4.69) is 26.1 Å². The van der Waals surface area contributed by atoms with Crippen molar-refractivity contribution in [1.82, 2.24) is 5.32 Å². The second-order valence-corrected chi connectivity index (χ2v) is 6.11. The third kappa shape index (κ3) is 7.31. The summed E-state index contributed by atoms with van der Waals surface area (Å²) in [5, 5.41) is 3.68. The van der Waals surface area contributed by atoms with Gasteiger partial charge in [-0.2, -0.15) is 0 Å². The van der Waals surface area contributed by atoms with Gasteiger partial charge in [-0.25, -0.2) is 0 Å². The number of nitrogens with one attached hydrogen (secondary N) is 1. The van der Waals surface area contributed by atoms with E-state index in [4.69, 9.17) is 4.74 Å². The first-order chi connectivity index (χ1) is 9.30. The Kier molecular flexibility index (Phi) is 9.54. The average Bonchev–Trinajstić information content (AvgIpc) is 2.36. The van der Waals surface area contributed by atoms with Crippen LogP contribution in [-0.2, 0) is 4.74 Å². The van der Waals surface area contributed by atoms with Gasteiger partial charge in [0.2, 0.25) is 0 Å². The molecule has 1 atom stereocenters. The predicted octanol–water partition coefficient (Wildman–Crippen LogP) is 4.53. The van der Waals surface area contributed by atoms with Crippen molar-refractivity contribution in [2.75, 3.05) is 13.2 Å². The lowest BCUT2D eigenvalue weighted by Gasteiger charge is -2.37. The minimum Gasteiger partial charge on any atom is -0.378 e. The predicted molar refractivity (Wildman–Crippen MR) is 83.6 cm³/mol. The number of unbranched alkanes of at least 4 members (excludes halogenated alkanes) is 4. The third-order valence-corrected chi connectivity index (χ3v) is 4.36. The summed E-state index contributed by atoms with van der Waals surface area (Å²) in [5.41, 5.74) is 0. The lowest BCUT2D eigenvalue weighted by atomic mass is 9.77. The molecule has 1 unspecified atom stereocenters. The van der Waals surface area contributed by atoms with Crippen molar-refractivity contribution in [3.8, 4) is 0 Å². The quantitative estimate of drug-likeness (QED) is 0.526. The lowest BCUT2D eigenvalue weighted by Crippen LogP contribution is -2.38. The molecule has 0 aromatic carbocycles. The van der Waals surface area contributed by atoms with Gasteiger partial charge < -0.3 is 10.1 Å². The van der Waals surface area contributed by atoms with E-state index in [1.807, 2.05) is 0 Å². The van der Waals surface area contributed by atoms with Gasteiger partial charge in [-0.15, -0.1) is 0 Å². The van der Waals surface area contributed by atoms with Crippen LogP contribution >= 0.6 is 0 Å². The number of rotatable bonds is 12. The molecule has 0 aliphatic heterocycles. The molecule has 0 amide bonds. The zero-order chi connectivity index (χ0) is 13.9. The highest BCUT2D eigenvalue weighted by atomic mass is 16.5. The van der Waals surface area contributed by atoms with Gasteiger partial charge in [0.15, 0.2) is 0 Å². The van der Waals surface area contributed by atoms with Crippen molar-refractivity contribution in [3.63, 3.8) is 0 Å². The Balaban J connectivity index is 2.08. The molecule has 0 bridgehead atoms. The Morgan fingerprint density at radius 2 is 1.79 bits per heavy atom. The minimum absolute atomic E-state index is 0.571. The highest BCUT2D eigenvalue weighted by Crippen LogP contribution is 2.34. The lowest BCUT2D eigenvalue weighted by molar-refractivity contribution is -0.0292. The van der Waals surface area contributed by atoms with E-state index in [9.17, 15) is 0 Å². The number of hydrogen-bond donors (Lipinski definition) is 1. The monoisotopic (exact) mass is 269 g/mol. The van der Waals surface area contributed by atoms with Gasteiger partial charge in [0, 0.05) is 12.6 Å². The van der Waals surface area contributed by atoms with Crippen LogP contribution in [0.3, 0.4) is 0 Å². The molecular weight excluding hydrogens is 234 g/mol. The molecule has 1 rings (SSSR count). The van der Waals surface area contributed by atoms with Crippen molar-refractivity contribution in [2.24, 2.45) is 5.92 Å². The summed E-state index contributed by atoms with van der Waals surface area (Å²) >= 11 is 0. The van der Waals surface area contributed by atoms with Crippen LogP contribution in [0.15, 0.2) is 0 Å². The molecule has 2 nitrogen and oxygen atoms in total. The molecule has 1 aliphatic rings. The second-order valence-electron chi connectivity index (χ2n) is 6.11. The van der Waals surface area contributed by atoms with E-state index in [1.165, 1.54) is 57.8 Å². The van der Waals surface area contributed by atoms with Gasteiger partial charge in [0.25, 0.3) is 0 Å². The first-order valence-corrected chi connectivity index (χ1v) is 8.65. The zero-order valence-electron chi connectivity index (χ0n) is 13.4. The molecule has 19 heavy (non-hydrogen) atoms. The Bertz CT molecular complexity index is 201. The fourth-order valence-corrected chi connectivity index (χ4v) is 3.23. The first-order valence-electron chi connectivity index (χ1n) is 8.65. The Morgan fingerprint density at radius 1 is 1.05 bits per heavy atom. The molecular formula is C17H35NO. The number of hydrogen-bond acceptors (Lipinski definition) is 2. The maximum atomic E-state index is 5.65. The van der Waals surface area contributed by atoms with Gasteiger partial charge in [0.05, 0.1) is 6.10 Å². The van der Waals surface area contributed by atoms with Gasteiger partial charge in [-0.3, -0.25) is 0 Å². The van der Waals surface area contributed by atoms with Crippen LogP contribution < -0.4 is 5.32 Å². The van der Waals surface area contributed by atoms with Crippen molar-refractivity contribution in [2.45, 2.75) is 90.7 Å². The molecule has 0 radical (unpaired) electrons. The molecule has 1 N–H and O–H groups in total. The Labute approximate surface area is 120 Å². The van der Waals surface area contributed by atoms with Gasteiger partial charge in [-0.05, 0) is 45.1 Å². The molecule has 1 fully saturated rings. The average molecular weight is 269 g/mol. The standard InChI is InChI=1S/C17H35NO/c1-4-7-8-9-10-11-16(18-5-2)12-15-13-17(14-15)19-6-3/h15-18H,4-14H2,1-3H3. The maximum absolute atomic E-state index is 5.65. The molecule has 0 saturated heterocycles. The summed E-state index contributed by atoms with van der Waals surface area (Å²) < 4.78 is 5.65. The van der Waals surface area contributed by atoms with Crippen LogP contribution in [0, 0.1) is 5.92 Å². The zero-order valence-corrected chi connectivity index (χ0v) is 13.4. The normalized spacial score (nSPS) is 24.2. The van der Waals surface area contributed by atoms with Gasteiger partial charge in [0.1, 0.15) is 0 Å². The minimum atomic E-state index is 0.571. The van der Waals surface area contributed by atoms with Crippen molar-refractivity contribution < 1.29 is 4.74 Å². The van der Waals surface area contributed by atoms with Crippen LogP contribution in [0.25, 0.3) is 0 Å². The summed E-state index contributed by atoms with van der Waals surface area (Å²) in [4.78, 5) is 0. The number of ether oxygens (including phenoxy) is 1. The third-order valence-electron chi connectivity index (χ3n) is 4.36. The fourth-order valence-electron chi connectivity index (χ4n) is 3.23. The summed E-state index contributed by atoms with van der Waals surface area (Å²) in [7, 11) is 0. The summed E-state index contributed by atoms with van der Waals surface area (Å²) in [6.45, 7) is 8.61. The van der Waals surface area contributed by atoms with E-state index in [1.54, 1.807) is 0 Å². The van der Waals surface area contributed by atoms with Gasteiger partial charge in [-0.1, -0.05) is 46.0 Å². The van der Waals surface area contributed by atoms with Gasteiger partial charge >= 0.3 is 0 Å². The topological polar surface area (TPSA) is 21.3 Å². The summed E-state index contributed by atoms with van der Waals surface area (Å²) in [5.74, 6) is 0.913. The van der Waals surface area contributed by atoms with Crippen LogP contribution in [0.4, 0.5) is 0 Å². The maximum Gasteiger partial charge on any atom is 0.0580 e. The van der Waals surface area contributed by atoms with Crippen LogP contribution in [0.2, 0.25) is 0 Å². The van der Waals surface area contributed by atoms with Crippen LogP contribution in [-0.4, -0.2) is 25.3 Å². The van der Waals surface area contributed by atoms with E-state index in [-0.39, 0.29) is 0 Å². The van der Waals surface area contributed by atoms with Crippen LogP contribution in [0.1, 0.15) is 78.6 Å². The van der Waals surface area contributed by atoms with Crippen molar-refractivity contribution in [3.05, 3.63) is 0 Å². The Hall–Kier alpha value is -0.0800. The van der Waals surface area contributed by atoms with E-state index < -0.39 is 0 Å². The van der Waals surface area contributed by atoms with Crippen molar-refractivity contribution >= 4 is 0 Å². The van der Waals surface area contributed by atoms with E-state index in [0.29, 0.717) is 6.10 Å². The molecule has 1 saturated carbocycles. The molecule has 0 aromatic heterocycles. The molecule has 0 aromatic rings. The van der Waals surface area contributed by atoms with Crippen LogP contribution in [0.5, 0.6) is 0 Å². The SMILES string of the molecule is CCCCCCCC(CC1CC(OCC)C1)NCC. The largest absolute Gasteiger partial charge is 0.378 e. The van der Waals surface area contributed by atoms with Crippen molar-refractivity contribution in [1.29, 1.82) is 0 Å². The molecule has 114 valence electrons. The summed E-state index contributed by atoms with van der Waals surface area (Å²) in [6, 6.07) is 0.749. The van der Waals surface area contributed by atoms with E-state index >= 15 is 0 Å². The van der Waals surface area contributed by atoms with E-state index in [0.717, 1.165) is 25.1 Å². The summed E-state index contributed by atoms with van der Waals surface area (Å²) in [6.07, 6.45) is 12.9. The Morgan fingerprint density at radius 3 is 2.42 bits per heavy atom. The molecule has 0 heterocycles. The highest BCUT2D eigenvalue weighted by molar-refractivity contribution is 4.84. The highest BCUT2D eigenvalue weighted by Gasteiger charge is 2.30.